The Morgan fingerprint density at radius 2 is 2.04 bits per heavy atom. The van der Waals surface area contributed by atoms with Gasteiger partial charge in [-0.2, -0.15) is 5.26 Å². The SMILES string of the molecule is Cc1ccc(-c2cc(C3C(C#N)=C(N)OC4=C3C(=O)CCC4)no2)cc1C. The van der Waals surface area contributed by atoms with Crippen molar-refractivity contribution in [1.82, 2.24) is 5.16 Å². The van der Waals surface area contributed by atoms with Gasteiger partial charge in [0.25, 0.3) is 0 Å². The van der Waals surface area contributed by atoms with Crippen molar-refractivity contribution < 1.29 is 14.1 Å². The molecule has 0 radical (unpaired) electrons. The molecule has 0 spiro atoms. The topological polar surface area (TPSA) is 102 Å². The molecule has 2 aromatic rings. The summed E-state index contributed by atoms with van der Waals surface area (Å²) in [5, 5.41) is 13.8. The van der Waals surface area contributed by atoms with Crippen molar-refractivity contribution in [2.45, 2.75) is 39.0 Å². The summed E-state index contributed by atoms with van der Waals surface area (Å²) in [6.45, 7) is 4.08. The average Bonchev–Trinajstić information content (AvgIpc) is 3.13. The van der Waals surface area contributed by atoms with Crippen LogP contribution in [-0.2, 0) is 9.53 Å². The summed E-state index contributed by atoms with van der Waals surface area (Å²) >= 11 is 0. The van der Waals surface area contributed by atoms with E-state index in [-0.39, 0.29) is 17.2 Å². The number of nitriles is 1. The lowest BCUT2D eigenvalue weighted by molar-refractivity contribution is -0.116. The van der Waals surface area contributed by atoms with Crippen molar-refractivity contribution in [1.29, 1.82) is 5.26 Å². The molecule has 0 saturated heterocycles. The Morgan fingerprint density at radius 3 is 2.78 bits per heavy atom. The minimum Gasteiger partial charge on any atom is -0.444 e. The van der Waals surface area contributed by atoms with Crippen LogP contribution in [0.15, 0.2) is 51.6 Å². The number of rotatable bonds is 2. The highest BCUT2D eigenvalue weighted by atomic mass is 16.5. The zero-order valence-corrected chi connectivity index (χ0v) is 15.2. The van der Waals surface area contributed by atoms with E-state index in [1.165, 1.54) is 5.56 Å². The van der Waals surface area contributed by atoms with Crippen LogP contribution in [0.3, 0.4) is 0 Å². The molecule has 2 N–H and O–H groups in total. The lowest BCUT2D eigenvalue weighted by atomic mass is 9.79. The number of hydrogen-bond acceptors (Lipinski definition) is 6. The van der Waals surface area contributed by atoms with Gasteiger partial charge < -0.3 is 15.0 Å². The van der Waals surface area contributed by atoms with Gasteiger partial charge in [-0.1, -0.05) is 17.3 Å². The van der Waals surface area contributed by atoms with Crippen LogP contribution in [0.1, 0.15) is 42.0 Å². The molecule has 6 heteroatoms. The normalized spacial score (nSPS) is 19.6. The Bertz CT molecular complexity index is 1050. The largest absolute Gasteiger partial charge is 0.444 e. The van der Waals surface area contributed by atoms with Gasteiger partial charge in [0, 0.05) is 30.0 Å². The van der Waals surface area contributed by atoms with E-state index in [2.05, 4.69) is 11.2 Å². The lowest BCUT2D eigenvalue weighted by Crippen LogP contribution is -2.27. The highest BCUT2D eigenvalue weighted by molar-refractivity contribution is 5.99. The van der Waals surface area contributed by atoms with Crippen molar-refractivity contribution >= 4 is 5.78 Å². The molecule has 1 aromatic carbocycles. The molecule has 0 bridgehead atoms. The number of Topliss-reactive ketones (excluding diaryl/α,β-unsaturated/α-hetero) is 1. The number of allylic oxidation sites excluding steroid dienone is 3. The van der Waals surface area contributed by atoms with Crippen molar-refractivity contribution in [3.63, 3.8) is 0 Å². The first-order valence-corrected chi connectivity index (χ1v) is 8.87. The first-order valence-electron chi connectivity index (χ1n) is 8.87. The number of ether oxygens (including phenoxy) is 1. The number of aryl methyl sites for hydroxylation is 2. The van der Waals surface area contributed by atoms with Gasteiger partial charge >= 0.3 is 0 Å². The van der Waals surface area contributed by atoms with Gasteiger partial charge in [0.2, 0.25) is 5.88 Å². The number of benzene rings is 1. The molecule has 0 fully saturated rings. The number of carbonyl (C=O) groups excluding carboxylic acids is 1. The van der Waals surface area contributed by atoms with Crippen molar-refractivity contribution in [2.75, 3.05) is 0 Å². The molecule has 2 aliphatic rings. The average molecular weight is 361 g/mol. The van der Waals surface area contributed by atoms with Gasteiger partial charge in [0.15, 0.2) is 11.5 Å². The summed E-state index contributed by atoms with van der Waals surface area (Å²) in [4.78, 5) is 12.6. The van der Waals surface area contributed by atoms with Crippen molar-refractivity contribution in [3.8, 4) is 17.4 Å². The molecule has 1 unspecified atom stereocenters. The number of ketones is 1. The van der Waals surface area contributed by atoms with E-state index in [4.69, 9.17) is 15.0 Å². The van der Waals surface area contributed by atoms with E-state index in [0.717, 1.165) is 11.1 Å². The van der Waals surface area contributed by atoms with Crippen LogP contribution in [0, 0.1) is 25.2 Å². The highest BCUT2D eigenvalue weighted by Gasteiger charge is 2.39. The first-order chi connectivity index (χ1) is 13.0. The lowest BCUT2D eigenvalue weighted by Gasteiger charge is -2.29. The Kier molecular flexibility index (Phi) is 4.08. The van der Waals surface area contributed by atoms with Gasteiger partial charge in [0.1, 0.15) is 17.4 Å². The second-order valence-corrected chi connectivity index (χ2v) is 6.95. The molecular weight excluding hydrogens is 342 g/mol. The summed E-state index contributed by atoms with van der Waals surface area (Å²) in [7, 11) is 0. The summed E-state index contributed by atoms with van der Waals surface area (Å²) in [6, 6.07) is 9.86. The van der Waals surface area contributed by atoms with Crippen LogP contribution in [0.25, 0.3) is 11.3 Å². The molecule has 0 saturated carbocycles. The third-order valence-electron chi connectivity index (χ3n) is 5.22. The third kappa shape index (κ3) is 2.81. The summed E-state index contributed by atoms with van der Waals surface area (Å²) in [5.41, 5.74) is 10.4. The monoisotopic (exact) mass is 361 g/mol. The van der Waals surface area contributed by atoms with Crippen LogP contribution in [0.5, 0.6) is 0 Å². The quantitative estimate of drug-likeness (QED) is 0.873. The summed E-state index contributed by atoms with van der Waals surface area (Å²) in [6.07, 6.45) is 1.77. The maximum Gasteiger partial charge on any atom is 0.205 e. The highest BCUT2D eigenvalue weighted by Crippen LogP contribution is 2.43. The second-order valence-electron chi connectivity index (χ2n) is 6.95. The molecular formula is C21H19N3O3. The smallest absolute Gasteiger partial charge is 0.205 e. The molecule has 0 amide bonds. The molecule has 1 aromatic heterocycles. The molecule has 4 rings (SSSR count). The van der Waals surface area contributed by atoms with Gasteiger partial charge in [0.05, 0.1) is 11.6 Å². The summed E-state index contributed by atoms with van der Waals surface area (Å²) in [5.74, 6) is 0.490. The molecule has 6 nitrogen and oxygen atoms in total. The van der Waals surface area contributed by atoms with E-state index in [1.54, 1.807) is 6.07 Å². The van der Waals surface area contributed by atoms with Crippen molar-refractivity contribution in [2.24, 2.45) is 5.73 Å². The maximum absolute atomic E-state index is 12.6. The Morgan fingerprint density at radius 1 is 1.22 bits per heavy atom. The van der Waals surface area contributed by atoms with Crippen LogP contribution < -0.4 is 5.73 Å². The van der Waals surface area contributed by atoms with Crippen LogP contribution in [0.4, 0.5) is 0 Å². The fourth-order valence-electron chi connectivity index (χ4n) is 3.61. The van der Waals surface area contributed by atoms with E-state index in [9.17, 15) is 10.1 Å². The number of nitrogens with zero attached hydrogens (tertiary/aromatic N) is 2. The molecule has 27 heavy (non-hydrogen) atoms. The van der Waals surface area contributed by atoms with E-state index in [1.807, 2.05) is 32.0 Å². The Balaban J connectivity index is 1.81. The minimum atomic E-state index is -0.643. The molecule has 1 atom stereocenters. The van der Waals surface area contributed by atoms with Crippen LogP contribution in [-0.4, -0.2) is 10.9 Å². The second kappa shape index (κ2) is 6.44. The van der Waals surface area contributed by atoms with Gasteiger partial charge in [-0.05, 0) is 37.5 Å². The van der Waals surface area contributed by atoms with Gasteiger partial charge in [-0.15, -0.1) is 0 Å². The number of nitrogens with two attached hydrogens (primary N) is 1. The van der Waals surface area contributed by atoms with E-state index >= 15 is 0 Å². The minimum absolute atomic E-state index is 0.0303. The molecule has 2 heterocycles. The van der Waals surface area contributed by atoms with E-state index < -0.39 is 5.92 Å². The number of aromatic nitrogens is 1. The van der Waals surface area contributed by atoms with Crippen LogP contribution >= 0.6 is 0 Å². The number of hydrogen-bond donors (Lipinski definition) is 1. The van der Waals surface area contributed by atoms with Gasteiger partial charge in [-0.25, -0.2) is 0 Å². The zero-order chi connectivity index (χ0) is 19.1. The van der Waals surface area contributed by atoms with Crippen LogP contribution in [0.2, 0.25) is 0 Å². The standard InChI is InChI=1S/C21H19N3O3/c1-11-6-7-13(8-12(11)2)18-9-15(24-27-18)19-14(10-22)21(23)26-17-5-3-4-16(25)20(17)19/h6-9,19H,3-5,23H2,1-2H3. The Labute approximate surface area is 156 Å². The third-order valence-corrected chi connectivity index (χ3v) is 5.22. The Hall–Kier alpha value is -3.33. The maximum atomic E-state index is 12.6. The zero-order valence-electron chi connectivity index (χ0n) is 15.2. The molecule has 1 aliphatic heterocycles. The number of carbonyl (C=O) groups is 1. The predicted octanol–water partition coefficient (Wildman–Crippen LogP) is 3.77. The fraction of sp³-hybridized carbons (Fsp3) is 0.286. The van der Waals surface area contributed by atoms with Crippen molar-refractivity contribution in [3.05, 3.63) is 63.9 Å². The first kappa shape index (κ1) is 17.1. The van der Waals surface area contributed by atoms with Gasteiger partial charge in [-0.3, -0.25) is 4.79 Å². The summed E-state index contributed by atoms with van der Waals surface area (Å²) < 4.78 is 11.1. The molecule has 1 aliphatic carbocycles. The molecule has 136 valence electrons. The van der Waals surface area contributed by atoms with E-state index in [0.29, 0.717) is 42.0 Å². The predicted molar refractivity (Wildman–Crippen MR) is 97.9 cm³/mol. The fourth-order valence-corrected chi connectivity index (χ4v) is 3.61.